The minimum Gasteiger partial charge on any atom is -0.493 e. The first-order chi connectivity index (χ1) is 8.79. The van der Waals surface area contributed by atoms with Crippen molar-refractivity contribution < 1.29 is 4.74 Å². The normalized spacial score (nSPS) is 15.2. The Bertz CT molecular complexity index is 381. The van der Waals surface area contributed by atoms with Crippen LogP contribution in [0.2, 0.25) is 0 Å². The van der Waals surface area contributed by atoms with Gasteiger partial charge in [-0.1, -0.05) is 12.1 Å². The van der Waals surface area contributed by atoms with E-state index >= 15 is 0 Å². The highest BCUT2D eigenvalue weighted by Gasteiger charge is 2.11. The van der Waals surface area contributed by atoms with Crippen LogP contribution in [0.25, 0.3) is 0 Å². The van der Waals surface area contributed by atoms with Crippen molar-refractivity contribution in [3.63, 3.8) is 0 Å². The molecule has 0 bridgehead atoms. The summed E-state index contributed by atoms with van der Waals surface area (Å²) in [7, 11) is 0. The van der Waals surface area contributed by atoms with E-state index < -0.39 is 0 Å². The fraction of sp³-hybridized carbons (Fsp3) is 0.600. The van der Waals surface area contributed by atoms with E-state index in [2.05, 4.69) is 30.4 Å². The molecule has 0 radical (unpaired) electrons. The largest absolute Gasteiger partial charge is 0.493 e. The van der Waals surface area contributed by atoms with Crippen LogP contribution in [0, 0.1) is 0 Å². The highest BCUT2D eigenvalue weighted by Crippen LogP contribution is 2.25. The minimum atomic E-state index is 0.557. The molecule has 1 aliphatic rings. The van der Waals surface area contributed by atoms with E-state index in [1.54, 1.807) is 0 Å². The number of hydrogen-bond donors (Lipinski definition) is 1. The lowest BCUT2D eigenvalue weighted by Gasteiger charge is -2.13. The van der Waals surface area contributed by atoms with Crippen LogP contribution in [-0.4, -0.2) is 25.1 Å². The quantitative estimate of drug-likeness (QED) is 0.767. The van der Waals surface area contributed by atoms with Gasteiger partial charge in [0, 0.05) is 18.3 Å². The van der Waals surface area contributed by atoms with Gasteiger partial charge in [0.05, 0.1) is 6.61 Å². The Morgan fingerprint density at radius 2 is 2.33 bits per heavy atom. The van der Waals surface area contributed by atoms with Gasteiger partial charge in [0.25, 0.3) is 0 Å². The third-order valence-electron chi connectivity index (χ3n) is 3.43. The predicted molar refractivity (Wildman–Crippen MR) is 76.8 cm³/mol. The molecule has 0 amide bonds. The van der Waals surface area contributed by atoms with Gasteiger partial charge in [-0.2, -0.15) is 0 Å². The molecule has 0 fully saturated rings. The van der Waals surface area contributed by atoms with E-state index in [0.29, 0.717) is 6.04 Å². The first-order valence-electron chi connectivity index (χ1n) is 6.83. The zero-order chi connectivity index (χ0) is 12.8. The molecule has 100 valence electrons. The predicted octanol–water partition coefficient (Wildman–Crippen LogP) is 3.16. The molecule has 1 aromatic rings. The molecule has 0 saturated carbocycles. The van der Waals surface area contributed by atoms with Crippen molar-refractivity contribution in [1.29, 1.82) is 0 Å². The molecule has 0 aromatic heterocycles. The average Bonchev–Trinajstić information content (AvgIpc) is 2.83. The molecular formula is C15H22ClNO. The zero-order valence-electron chi connectivity index (χ0n) is 11.0. The Kier molecular flexibility index (Phi) is 5.33. The Hall–Kier alpha value is -0.730. The highest BCUT2D eigenvalue weighted by molar-refractivity contribution is 6.17. The van der Waals surface area contributed by atoms with Gasteiger partial charge in [-0.3, -0.25) is 0 Å². The molecule has 1 atom stereocenters. The monoisotopic (exact) mass is 267 g/mol. The Balaban J connectivity index is 1.73. The van der Waals surface area contributed by atoms with Gasteiger partial charge in [0.1, 0.15) is 5.75 Å². The number of hydrogen-bond acceptors (Lipinski definition) is 2. The molecule has 1 aliphatic heterocycles. The lowest BCUT2D eigenvalue weighted by Crippen LogP contribution is -2.28. The number of alkyl halides is 1. The number of halogens is 1. The molecule has 1 aromatic carbocycles. The molecule has 2 rings (SSSR count). The van der Waals surface area contributed by atoms with Crippen LogP contribution in [0.3, 0.4) is 0 Å². The second-order valence-electron chi connectivity index (χ2n) is 4.98. The Morgan fingerprint density at radius 1 is 1.44 bits per heavy atom. The fourth-order valence-electron chi connectivity index (χ4n) is 2.34. The summed E-state index contributed by atoms with van der Waals surface area (Å²) in [6, 6.07) is 7.12. The van der Waals surface area contributed by atoms with Crippen molar-refractivity contribution in [2.75, 3.05) is 19.0 Å². The SMILES string of the molecule is CC(CCCCl)NCCc1ccc2c(c1)CCO2. The smallest absolute Gasteiger partial charge is 0.122 e. The second-order valence-corrected chi connectivity index (χ2v) is 5.35. The second kappa shape index (κ2) is 7.01. The minimum absolute atomic E-state index is 0.557. The fourth-order valence-corrected chi connectivity index (χ4v) is 2.50. The summed E-state index contributed by atoms with van der Waals surface area (Å²) in [5.74, 6) is 1.83. The molecule has 0 saturated heterocycles. The van der Waals surface area contributed by atoms with Crippen LogP contribution in [0.5, 0.6) is 5.75 Å². The maximum atomic E-state index is 5.69. The van der Waals surface area contributed by atoms with Crippen LogP contribution in [0.4, 0.5) is 0 Å². The Labute approximate surface area is 115 Å². The summed E-state index contributed by atoms with van der Waals surface area (Å²) >= 11 is 5.69. The molecule has 0 spiro atoms. The van der Waals surface area contributed by atoms with Crippen LogP contribution in [-0.2, 0) is 12.8 Å². The van der Waals surface area contributed by atoms with Crippen molar-refractivity contribution in [1.82, 2.24) is 5.32 Å². The topological polar surface area (TPSA) is 21.3 Å². The zero-order valence-corrected chi connectivity index (χ0v) is 11.8. The van der Waals surface area contributed by atoms with Crippen molar-refractivity contribution in [3.05, 3.63) is 29.3 Å². The van der Waals surface area contributed by atoms with Crippen molar-refractivity contribution >= 4 is 11.6 Å². The summed E-state index contributed by atoms with van der Waals surface area (Å²) in [5.41, 5.74) is 2.76. The molecule has 1 heterocycles. The van der Waals surface area contributed by atoms with Gasteiger partial charge in [-0.25, -0.2) is 0 Å². The van der Waals surface area contributed by atoms with Gasteiger partial charge >= 0.3 is 0 Å². The average molecular weight is 268 g/mol. The van der Waals surface area contributed by atoms with Crippen LogP contribution >= 0.6 is 11.6 Å². The van der Waals surface area contributed by atoms with Crippen LogP contribution < -0.4 is 10.1 Å². The highest BCUT2D eigenvalue weighted by atomic mass is 35.5. The Morgan fingerprint density at radius 3 is 3.17 bits per heavy atom. The number of rotatable bonds is 7. The molecule has 18 heavy (non-hydrogen) atoms. The van der Waals surface area contributed by atoms with Gasteiger partial charge in [0.2, 0.25) is 0 Å². The first kappa shape index (κ1) is 13.7. The molecule has 3 heteroatoms. The van der Waals surface area contributed by atoms with E-state index in [0.717, 1.165) is 50.5 Å². The van der Waals surface area contributed by atoms with Crippen molar-refractivity contribution in [2.24, 2.45) is 0 Å². The van der Waals surface area contributed by atoms with E-state index in [9.17, 15) is 0 Å². The molecule has 1 N–H and O–H groups in total. The molecule has 0 aliphatic carbocycles. The summed E-state index contributed by atoms with van der Waals surface area (Å²) in [4.78, 5) is 0. The third-order valence-corrected chi connectivity index (χ3v) is 3.70. The molecular weight excluding hydrogens is 246 g/mol. The van der Waals surface area contributed by atoms with Crippen molar-refractivity contribution in [3.8, 4) is 5.75 Å². The summed E-state index contributed by atoms with van der Waals surface area (Å²) in [6.07, 6.45) is 4.38. The maximum Gasteiger partial charge on any atom is 0.122 e. The van der Waals surface area contributed by atoms with Crippen molar-refractivity contribution in [2.45, 2.75) is 38.6 Å². The van der Waals surface area contributed by atoms with E-state index in [4.69, 9.17) is 16.3 Å². The number of ether oxygens (including phenoxy) is 1. The molecule has 2 nitrogen and oxygen atoms in total. The van der Waals surface area contributed by atoms with Gasteiger partial charge < -0.3 is 10.1 Å². The summed E-state index contributed by atoms with van der Waals surface area (Å²) < 4.78 is 5.51. The van der Waals surface area contributed by atoms with E-state index in [1.165, 1.54) is 11.1 Å². The van der Waals surface area contributed by atoms with Crippen LogP contribution in [0.1, 0.15) is 30.9 Å². The number of fused-ring (bicyclic) bond motifs is 1. The summed E-state index contributed by atoms with van der Waals surface area (Å²) in [6.45, 7) is 4.10. The lowest BCUT2D eigenvalue weighted by molar-refractivity contribution is 0.357. The van der Waals surface area contributed by atoms with Gasteiger partial charge in [-0.05, 0) is 49.9 Å². The first-order valence-corrected chi connectivity index (χ1v) is 7.37. The van der Waals surface area contributed by atoms with E-state index in [-0.39, 0.29) is 0 Å². The summed E-state index contributed by atoms with van der Waals surface area (Å²) in [5, 5.41) is 3.54. The van der Waals surface area contributed by atoms with E-state index in [1.807, 2.05) is 0 Å². The van der Waals surface area contributed by atoms with Gasteiger partial charge in [0.15, 0.2) is 0 Å². The standard InChI is InChI=1S/C15H22ClNO/c1-12(3-2-8-16)17-9-6-13-4-5-15-14(11-13)7-10-18-15/h4-5,11-12,17H,2-3,6-10H2,1H3. The van der Waals surface area contributed by atoms with Gasteiger partial charge in [-0.15, -0.1) is 11.6 Å². The number of benzene rings is 1. The maximum absolute atomic E-state index is 5.69. The van der Waals surface area contributed by atoms with Crippen LogP contribution in [0.15, 0.2) is 18.2 Å². The lowest BCUT2D eigenvalue weighted by atomic mass is 10.1. The molecule has 1 unspecified atom stereocenters. The number of nitrogens with one attached hydrogen (secondary N) is 1. The third kappa shape index (κ3) is 3.89.